The molecule has 1 unspecified atom stereocenters. The zero-order valence-corrected chi connectivity index (χ0v) is 14.3. The number of benzene rings is 1. The van der Waals surface area contributed by atoms with Gasteiger partial charge in [0.05, 0.1) is 16.2 Å². The topological polar surface area (TPSA) is 56.3 Å². The van der Waals surface area contributed by atoms with E-state index in [1.54, 1.807) is 13.3 Å². The van der Waals surface area contributed by atoms with E-state index >= 15 is 0 Å². The first-order valence-corrected chi connectivity index (χ1v) is 7.78. The number of hydrogen-bond acceptors (Lipinski definition) is 5. The Labute approximate surface area is 137 Å². The molecule has 1 atom stereocenters. The number of hydrogen-bond donors (Lipinski definition) is 1. The summed E-state index contributed by atoms with van der Waals surface area (Å²) in [6.45, 7) is 2.06. The number of fused-ring (bicyclic) bond motifs is 1. The number of halogens is 1. The van der Waals surface area contributed by atoms with Gasteiger partial charge < -0.3 is 14.8 Å². The van der Waals surface area contributed by atoms with Crippen molar-refractivity contribution < 1.29 is 9.47 Å². The van der Waals surface area contributed by atoms with Crippen LogP contribution in [0, 0.1) is 3.57 Å². The monoisotopic (exact) mass is 397 g/mol. The first kappa shape index (κ1) is 14.4. The molecule has 1 aliphatic rings. The Balaban J connectivity index is 2.12. The van der Waals surface area contributed by atoms with Gasteiger partial charge in [0.15, 0.2) is 5.82 Å². The number of anilines is 1. The standard InChI is InChI=1S/C15H16IN3O2/c1-8-4-9-5-13(20-3)10(6-12(9)21-8)14-18-7-11(16)15(17-2)19-14/h5-8H,4H2,1-3H3,(H,17,18,19). The Morgan fingerprint density at radius 2 is 2.24 bits per heavy atom. The van der Waals surface area contributed by atoms with Crippen molar-refractivity contribution in [2.45, 2.75) is 19.4 Å². The van der Waals surface area contributed by atoms with Gasteiger partial charge in [-0.25, -0.2) is 9.97 Å². The van der Waals surface area contributed by atoms with Crippen molar-refractivity contribution in [2.75, 3.05) is 19.5 Å². The fourth-order valence-corrected chi connectivity index (χ4v) is 2.98. The quantitative estimate of drug-likeness (QED) is 0.807. The highest BCUT2D eigenvalue weighted by Crippen LogP contribution is 2.39. The van der Waals surface area contributed by atoms with Gasteiger partial charge in [0.1, 0.15) is 23.4 Å². The van der Waals surface area contributed by atoms with Crippen molar-refractivity contribution in [2.24, 2.45) is 0 Å². The maximum atomic E-state index is 5.82. The maximum Gasteiger partial charge on any atom is 0.165 e. The Hall–Kier alpha value is -1.57. The third-order valence-corrected chi connectivity index (χ3v) is 4.23. The molecule has 0 spiro atoms. The second-order valence-electron chi connectivity index (χ2n) is 4.93. The molecule has 0 fully saturated rings. The molecule has 5 nitrogen and oxygen atoms in total. The molecule has 0 radical (unpaired) electrons. The van der Waals surface area contributed by atoms with E-state index in [4.69, 9.17) is 9.47 Å². The molecule has 0 saturated carbocycles. The van der Waals surface area contributed by atoms with Crippen molar-refractivity contribution in [3.63, 3.8) is 0 Å². The molecule has 6 heteroatoms. The molecule has 1 aromatic carbocycles. The van der Waals surface area contributed by atoms with Gasteiger partial charge in [-0.05, 0) is 41.6 Å². The molecule has 1 aromatic heterocycles. The van der Waals surface area contributed by atoms with Crippen LogP contribution in [0.1, 0.15) is 12.5 Å². The largest absolute Gasteiger partial charge is 0.496 e. The molecule has 1 aliphatic heterocycles. The van der Waals surface area contributed by atoms with Crippen molar-refractivity contribution >= 4 is 28.4 Å². The van der Waals surface area contributed by atoms with E-state index in [-0.39, 0.29) is 6.10 Å². The van der Waals surface area contributed by atoms with E-state index in [0.717, 1.165) is 32.9 Å². The van der Waals surface area contributed by atoms with Crippen LogP contribution >= 0.6 is 22.6 Å². The fraction of sp³-hybridized carbons (Fsp3) is 0.333. The molecule has 21 heavy (non-hydrogen) atoms. The van der Waals surface area contributed by atoms with Gasteiger partial charge in [-0.2, -0.15) is 0 Å². The second-order valence-corrected chi connectivity index (χ2v) is 6.10. The minimum Gasteiger partial charge on any atom is -0.496 e. The maximum absolute atomic E-state index is 5.82. The minimum absolute atomic E-state index is 0.200. The highest BCUT2D eigenvalue weighted by Gasteiger charge is 2.23. The van der Waals surface area contributed by atoms with Gasteiger partial charge in [0.2, 0.25) is 0 Å². The SMILES string of the molecule is CNc1nc(-c2cc3c(cc2OC)CC(C)O3)ncc1I. The van der Waals surface area contributed by atoms with Gasteiger partial charge in [-0.1, -0.05) is 0 Å². The lowest BCUT2D eigenvalue weighted by Crippen LogP contribution is -2.05. The number of nitrogens with one attached hydrogen (secondary N) is 1. The molecule has 2 aromatic rings. The lowest BCUT2D eigenvalue weighted by atomic mass is 10.1. The highest BCUT2D eigenvalue weighted by molar-refractivity contribution is 14.1. The van der Waals surface area contributed by atoms with Crippen molar-refractivity contribution in [3.8, 4) is 22.9 Å². The molecule has 0 saturated heterocycles. The molecule has 0 amide bonds. The van der Waals surface area contributed by atoms with E-state index in [1.165, 1.54) is 5.56 Å². The molecular weight excluding hydrogens is 381 g/mol. The summed E-state index contributed by atoms with van der Waals surface area (Å²) in [5, 5.41) is 3.07. The lowest BCUT2D eigenvalue weighted by molar-refractivity contribution is 0.254. The Morgan fingerprint density at radius 3 is 2.95 bits per heavy atom. The number of rotatable bonds is 3. The Morgan fingerprint density at radius 1 is 1.43 bits per heavy atom. The van der Waals surface area contributed by atoms with Crippen LogP contribution in [0.2, 0.25) is 0 Å². The predicted molar refractivity (Wildman–Crippen MR) is 90.1 cm³/mol. The van der Waals surface area contributed by atoms with Crippen molar-refractivity contribution in [3.05, 3.63) is 27.5 Å². The van der Waals surface area contributed by atoms with Crippen molar-refractivity contribution in [1.82, 2.24) is 9.97 Å². The summed E-state index contributed by atoms with van der Waals surface area (Å²) in [6, 6.07) is 3.99. The average Bonchev–Trinajstić information content (AvgIpc) is 2.85. The smallest absolute Gasteiger partial charge is 0.165 e. The third kappa shape index (κ3) is 2.64. The summed E-state index contributed by atoms with van der Waals surface area (Å²) < 4.78 is 12.3. The zero-order valence-electron chi connectivity index (χ0n) is 12.1. The summed E-state index contributed by atoms with van der Waals surface area (Å²) in [4.78, 5) is 8.96. The molecular formula is C15H16IN3O2. The number of methoxy groups -OCH3 is 1. The van der Waals surface area contributed by atoms with Gasteiger partial charge in [0, 0.05) is 25.2 Å². The molecule has 0 bridgehead atoms. The Kier molecular flexibility index (Phi) is 3.88. The molecule has 1 N–H and O–H groups in total. The normalized spacial score (nSPS) is 16.3. The fourth-order valence-electron chi connectivity index (χ4n) is 2.46. The van der Waals surface area contributed by atoms with Gasteiger partial charge in [-0.3, -0.25) is 0 Å². The number of ether oxygens (including phenoxy) is 2. The van der Waals surface area contributed by atoms with Crippen LogP contribution in [0.3, 0.4) is 0 Å². The van der Waals surface area contributed by atoms with Crippen LogP contribution in [-0.4, -0.2) is 30.2 Å². The highest BCUT2D eigenvalue weighted by atomic mass is 127. The summed E-state index contributed by atoms with van der Waals surface area (Å²) in [5.74, 6) is 3.10. The molecule has 0 aliphatic carbocycles. The van der Waals surface area contributed by atoms with Gasteiger partial charge >= 0.3 is 0 Å². The lowest BCUT2D eigenvalue weighted by Gasteiger charge is -2.11. The van der Waals surface area contributed by atoms with Crippen LogP contribution in [0.4, 0.5) is 5.82 Å². The minimum atomic E-state index is 0.200. The van der Waals surface area contributed by atoms with Crippen LogP contribution in [0.25, 0.3) is 11.4 Å². The van der Waals surface area contributed by atoms with Crippen LogP contribution in [0.5, 0.6) is 11.5 Å². The Bertz CT molecular complexity index is 691. The van der Waals surface area contributed by atoms with Gasteiger partial charge in [0.25, 0.3) is 0 Å². The van der Waals surface area contributed by atoms with E-state index in [0.29, 0.717) is 5.82 Å². The van der Waals surface area contributed by atoms with Crippen LogP contribution < -0.4 is 14.8 Å². The predicted octanol–water partition coefficient (Wildman–Crippen LogP) is 3.12. The first-order chi connectivity index (χ1) is 10.1. The third-order valence-electron chi connectivity index (χ3n) is 3.44. The number of aromatic nitrogens is 2. The average molecular weight is 397 g/mol. The van der Waals surface area contributed by atoms with E-state index < -0.39 is 0 Å². The van der Waals surface area contributed by atoms with Crippen molar-refractivity contribution in [1.29, 1.82) is 0 Å². The second kappa shape index (κ2) is 5.67. The van der Waals surface area contributed by atoms with E-state index in [1.807, 2.05) is 19.2 Å². The van der Waals surface area contributed by atoms with Crippen LogP contribution in [-0.2, 0) is 6.42 Å². The summed E-state index contributed by atoms with van der Waals surface area (Å²) in [7, 11) is 3.51. The zero-order chi connectivity index (χ0) is 15.0. The van der Waals surface area contributed by atoms with Gasteiger partial charge in [-0.15, -0.1) is 0 Å². The van der Waals surface area contributed by atoms with E-state index in [9.17, 15) is 0 Å². The first-order valence-electron chi connectivity index (χ1n) is 6.70. The summed E-state index contributed by atoms with van der Waals surface area (Å²) in [5.41, 5.74) is 2.01. The molecule has 110 valence electrons. The summed E-state index contributed by atoms with van der Waals surface area (Å²) >= 11 is 2.20. The molecule has 2 heterocycles. The van der Waals surface area contributed by atoms with E-state index in [2.05, 4.69) is 44.8 Å². The molecule has 3 rings (SSSR count). The number of nitrogens with zero attached hydrogens (tertiary/aromatic N) is 2. The van der Waals surface area contributed by atoms with Crippen LogP contribution in [0.15, 0.2) is 18.3 Å². The summed E-state index contributed by atoms with van der Waals surface area (Å²) in [6.07, 6.45) is 2.90.